The number of anilines is 1. The van der Waals surface area contributed by atoms with Crippen molar-refractivity contribution in [2.75, 3.05) is 38.8 Å². The largest absolute Gasteiger partial charge is 0.497 e. The average molecular weight is 248 g/mol. The lowest BCUT2D eigenvalue weighted by Gasteiger charge is -2.23. The van der Waals surface area contributed by atoms with Crippen LogP contribution >= 0.6 is 0 Å². The lowest BCUT2D eigenvalue weighted by Crippen LogP contribution is -2.34. The molecular formula is C13H16N2O3. The predicted molar refractivity (Wildman–Crippen MR) is 66.8 cm³/mol. The molecule has 0 radical (unpaired) electrons. The van der Waals surface area contributed by atoms with Crippen molar-refractivity contribution in [3.63, 3.8) is 0 Å². The van der Waals surface area contributed by atoms with Gasteiger partial charge in [-0.3, -0.25) is 0 Å². The molecule has 5 nitrogen and oxygen atoms in total. The van der Waals surface area contributed by atoms with Crippen LogP contribution in [0.3, 0.4) is 0 Å². The summed E-state index contributed by atoms with van der Waals surface area (Å²) in [5.41, 5.74) is 1.35. The normalized spacial score (nSPS) is 19.0. The number of nitriles is 1. The highest BCUT2D eigenvalue weighted by Gasteiger charge is 2.14. The monoisotopic (exact) mass is 248 g/mol. The highest BCUT2D eigenvalue weighted by molar-refractivity contribution is 5.60. The lowest BCUT2D eigenvalue weighted by molar-refractivity contribution is -0.0818. The van der Waals surface area contributed by atoms with Crippen LogP contribution in [0.4, 0.5) is 5.69 Å². The van der Waals surface area contributed by atoms with Crippen molar-refractivity contribution >= 4 is 5.69 Å². The van der Waals surface area contributed by atoms with Gasteiger partial charge in [0.15, 0.2) is 0 Å². The fourth-order valence-corrected chi connectivity index (χ4v) is 1.77. The van der Waals surface area contributed by atoms with Gasteiger partial charge in [-0.05, 0) is 12.1 Å². The maximum atomic E-state index is 9.03. The first kappa shape index (κ1) is 12.7. The summed E-state index contributed by atoms with van der Waals surface area (Å²) in [6.45, 7) is 2.47. The topological polar surface area (TPSA) is 63.5 Å². The second kappa shape index (κ2) is 6.24. The Morgan fingerprint density at radius 3 is 3.06 bits per heavy atom. The van der Waals surface area contributed by atoms with E-state index in [4.69, 9.17) is 19.5 Å². The molecule has 1 saturated heterocycles. The van der Waals surface area contributed by atoms with E-state index in [-0.39, 0.29) is 6.10 Å². The minimum atomic E-state index is 0.0245. The molecule has 2 rings (SSSR count). The van der Waals surface area contributed by atoms with E-state index in [9.17, 15) is 0 Å². The van der Waals surface area contributed by atoms with E-state index in [1.165, 1.54) is 0 Å². The standard InChI is InChI=1S/C13H16N2O3/c1-16-11-3-2-10(7-14)13(6-11)15-8-12-9-17-4-5-18-12/h2-3,6,12,15H,4-5,8-9H2,1H3. The third-order valence-electron chi connectivity index (χ3n) is 2.75. The van der Waals surface area contributed by atoms with E-state index in [1.807, 2.05) is 6.07 Å². The van der Waals surface area contributed by atoms with Crippen LogP contribution in [0, 0.1) is 11.3 Å². The number of hydrogen-bond donors (Lipinski definition) is 1. The average Bonchev–Trinajstić information content (AvgIpc) is 2.45. The van der Waals surface area contributed by atoms with E-state index >= 15 is 0 Å². The molecule has 5 heteroatoms. The smallest absolute Gasteiger partial charge is 0.121 e. The first-order valence-electron chi connectivity index (χ1n) is 5.85. The molecule has 0 amide bonds. The zero-order chi connectivity index (χ0) is 12.8. The summed E-state index contributed by atoms with van der Waals surface area (Å²) in [5.74, 6) is 0.720. The fourth-order valence-electron chi connectivity index (χ4n) is 1.77. The number of benzene rings is 1. The lowest BCUT2D eigenvalue weighted by atomic mass is 10.2. The van der Waals surface area contributed by atoms with Crippen LogP contribution in [0.1, 0.15) is 5.56 Å². The van der Waals surface area contributed by atoms with E-state index < -0.39 is 0 Å². The van der Waals surface area contributed by atoms with E-state index in [0.717, 1.165) is 11.4 Å². The second-order valence-corrected chi connectivity index (χ2v) is 3.97. The molecule has 1 heterocycles. The van der Waals surface area contributed by atoms with Gasteiger partial charge in [-0.2, -0.15) is 5.26 Å². The van der Waals surface area contributed by atoms with Gasteiger partial charge in [-0.25, -0.2) is 0 Å². The molecule has 1 aromatic carbocycles. The van der Waals surface area contributed by atoms with Crippen molar-refractivity contribution in [1.29, 1.82) is 5.26 Å². The van der Waals surface area contributed by atoms with Crippen molar-refractivity contribution < 1.29 is 14.2 Å². The number of rotatable bonds is 4. The molecule has 18 heavy (non-hydrogen) atoms. The maximum absolute atomic E-state index is 9.03. The SMILES string of the molecule is COc1ccc(C#N)c(NCC2COCCO2)c1. The Bertz CT molecular complexity index is 436. The quantitative estimate of drug-likeness (QED) is 0.872. The molecule has 96 valence electrons. The molecule has 0 saturated carbocycles. The molecule has 0 spiro atoms. The number of hydrogen-bond acceptors (Lipinski definition) is 5. The molecule has 0 aliphatic carbocycles. The van der Waals surface area contributed by atoms with Gasteiger partial charge in [0.2, 0.25) is 0 Å². The highest BCUT2D eigenvalue weighted by Crippen LogP contribution is 2.22. The van der Waals surface area contributed by atoms with Gasteiger partial charge in [0, 0.05) is 12.6 Å². The second-order valence-electron chi connectivity index (χ2n) is 3.97. The number of methoxy groups -OCH3 is 1. The molecule has 1 aliphatic heterocycles. The highest BCUT2D eigenvalue weighted by atomic mass is 16.6. The molecule has 1 aliphatic rings. The van der Waals surface area contributed by atoms with E-state index in [2.05, 4.69) is 11.4 Å². The Labute approximate surface area is 106 Å². The van der Waals surface area contributed by atoms with Crippen LogP contribution in [0.15, 0.2) is 18.2 Å². The van der Waals surface area contributed by atoms with Crippen molar-refractivity contribution in [2.45, 2.75) is 6.10 Å². The molecular weight excluding hydrogens is 232 g/mol. The van der Waals surface area contributed by atoms with Crippen molar-refractivity contribution in [2.24, 2.45) is 0 Å². The van der Waals surface area contributed by atoms with E-state index in [1.54, 1.807) is 19.2 Å². The molecule has 1 fully saturated rings. The third kappa shape index (κ3) is 3.13. The third-order valence-corrected chi connectivity index (χ3v) is 2.75. The van der Waals surface area contributed by atoms with Gasteiger partial charge in [-0.15, -0.1) is 0 Å². The number of nitrogens with one attached hydrogen (secondary N) is 1. The summed E-state index contributed by atoms with van der Waals surface area (Å²) in [5, 5.41) is 12.2. The van der Waals surface area contributed by atoms with Gasteiger partial charge >= 0.3 is 0 Å². The van der Waals surface area contributed by atoms with E-state index in [0.29, 0.717) is 31.9 Å². The van der Waals surface area contributed by atoms with Gasteiger partial charge in [-0.1, -0.05) is 0 Å². The van der Waals surface area contributed by atoms with Gasteiger partial charge in [0.25, 0.3) is 0 Å². The Balaban J connectivity index is 2.00. The first-order chi connectivity index (χ1) is 8.83. The van der Waals surface area contributed by atoms with Crippen LogP contribution < -0.4 is 10.1 Å². The van der Waals surface area contributed by atoms with Crippen molar-refractivity contribution in [3.8, 4) is 11.8 Å². The van der Waals surface area contributed by atoms with Crippen LogP contribution in [0.2, 0.25) is 0 Å². The van der Waals surface area contributed by atoms with Crippen LogP contribution in [-0.2, 0) is 9.47 Å². The Hall–Kier alpha value is -1.77. The summed E-state index contributed by atoms with van der Waals surface area (Å²) in [4.78, 5) is 0. The Morgan fingerprint density at radius 1 is 1.50 bits per heavy atom. The first-order valence-corrected chi connectivity index (χ1v) is 5.85. The predicted octanol–water partition coefficient (Wildman–Crippen LogP) is 1.39. The Kier molecular flexibility index (Phi) is 4.40. The minimum absolute atomic E-state index is 0.0245. The molecule has 0 aromatic heterocycles. The van der Waals surface area contributed by atoms with Crippen molar-refractivity contribution in [3.05, 3.63) is 23.8 Å². The van der Waals surface area contributed by atoms with Gasteiger partial charge in [0.1, 0.15) is 11.8 Å². The van der Waals surface area contributed by atoms with Crippen molar-refractivity contribution in [1.82, 2.24) is 0 Å². The zero-order valence-corrected chi connectivity index (χ0v) is 10.3. The summed E-state index contributed by atoms with van der Waals surface area (Å²) in [6.07, 6.45) is 0.0245. The van der Waals surface area contributed by atoms with Gasteiger partial charge in [0.05, 0.1) is 44.3 Å². The number of ether oxygens (including phenoxy) is 3. The summed E-state index contributed by atoms with van der Waals surface area (Å²) in [6, 6.07) is 7.46. The summed E-state index contributed by atoms with van der Waals surface area (Å²) < 4.78 is 16.0. The van der Waals surface area contributed by atoms with Gasteiger partial charge < -0.3 is 19.5 Å². The molecule has 1 atom stereocenters. The van der Waals surface area contributed by atoms with Crippen LogP contribution in [0.25, 0.3) is 0 Å². The fraction of sp³-hybridized carbons (Fsp3) is 0.462. The zero-order valence-electron chi connectivity index (χ0n) is 10.3. The molecule has 1 N–H and O–H groups in total. The van der Waals surface area contributed by atoms with Crippen LogP contribution in [0.5, 0.6) is 5.75 Å². The molecule has 0 bridgehead atoms. The van der Waals surface area contributed by atoms with Crippen LogP contribution in [-0.4, -0.2) is 39.6 Å². The number of nitrogens with zero attached hydrogens (tertiary/aromatic N) is 1. The molecule has 1 aromatic rings. The minimum Gasteiger partial charge on any atom is -0.497 e. The summed E-state index contributed by atoms with van der Waals surface area (Å²) >= 11 is 0. The maximum Gasteiger partial charge on any atom is 0.121 e. The Morgan fingerprint density at radius 2 is 2.39 bits per heavy atom. The summed E-state index contributed by atoms with van der Waals surface area (Å²) in [7, 11) is 1.60. The molecule has 1 unspecified atom stereocenters.